The Bertz CT molecular complexity index is 1180. The van der Waals surface area contributed by atoms with Crippen LogP contribution in [0.5, 0.6) is 5.75 Å². The van der Waals surface area contributed by atoms with Crippen molar-refractivity contribution in [3.63, 3.8) is 0 Å². The summed E-state index contributed by atoms with van der Waals surface area (Å²) in [7, 11) is 0. The van der Waals surface area contributed by atoms with Crippen LogP contribution in [-0.2, 0) is 28.2 Å². The summed E-state index contributed by atoms with van der Waals surface area (Å²) in [4.78, 5) is 24.4. The van der Waals surface area contributed by atoms with Gasteiger partial charge in [0.15, 0.2) is 0 Å². The second-order valence-corrected chi connectivity index (χ2v) is 8.99. The Morgan fingerprint density at radius 2 is 1.91 bits per heavy atom. The van der Waals surface area contributed by atoms with E-state index in [1.807, 2.05) is 19.1 Å². The Balaban J connectivity index is 1.72. The molecule has 0 amide bonds. The molecule has 33 heavy (non-hydrogen) atoms. The molecule has 0 spiro atoms. The fourth-order valence-corrected chi connectivity index (χ4v) is 4.61. The third kappa shape index (κ3) is 4.31. The molecule has 1 fully saturated rings. The number of carboxylic acids is 2. The van der Waals surface area contributed by atoms with Crippen LogP contribution in [0.25, 0.3) is 0 Å². The van der Waals surface area contributed by atoms with Crippen molar-refractivity contribution in [2.75, 3.05) is 0 Å². The first-order valence-corrected chi connectivity index (χ1v) is 11.2. The van der Waals surface area contributed by atoms with Crippen molar-refractivity contribution in [2.24, 2.45) is 5.73 Å². The van der Waals surface area contributed by atoms with Gasteiger partial charge in [0.05, 0.1) is 0 Å². The summed E-state index contributed by atoms with van der Waals surface area (Å²) in [5.74, 6) is -0.828. The molecule has 0 heterocycles. The van der Waals surface area contributed by atoms with Gasteiger partial charge in [-0.2, -0.15) is 0 Å². The number of allylic oxidation sites excluding steroid dienone is 2. The third-order valence-corrected chi connectivity index (χ3v) is 6.78. The Morgan fingerprint density at radius 1 is 1.15 bits per heavy atom. The molecule has 0 saturated heterocycles. The number of hydrogen-bond donors (Lipinski definition) is 3. The lowest BCUT2D eigenvalue weighted by molar-refractivity contribution is -0.142. The van der Waals surface area contributed by atoms with E-state index in [4.69, 9.17) is 10.5 Å². The van der Waals surface area contributed by atoms with Gasteiger partial charge in [-0.25, -0.2) is 4.79 Å². The zero-order valence-corrected chi connectivity index (χ0v) is 18.9. The first kappa shape index (κ1) is 22.8. The third-order valence-electron chi connectivity index (χ3n) is 6.78. The number of benzene rings is 2. The van der Waals surface area contributed by atoms with Crippen LogP contribution in [0.1, 0.15) is 59.9 Å². The lowest BCUT2D eigenvalue weighted by atomic mass is 9.69. The van der Waals surface area contributed by atoms with Crippen molar-refractivity contribution in [1.82, 2.24) is 0 Å². The van der Waals surface area contributed by atoms with Gasteiger partial charge in [0.2, 0.25) is 0 Å². The molecule has 6 nitrogen and oxygen atoms in total. The smallest absolute Gasteiger partial charge is 0.331 e. The maximum absolute atomic E-state index is 12.6. The van der Waals surface area contributed by atoms with E-state index in [1.165, 1.54) is 18.4 Å². The summed E-state index contributed by atoms with van der Waals surface area (Å²) >= 11 is 0. The molecule has 1 unspecified atom stereocenters. The van der Waals surface area contributed by atoms with E-state index in [9.17, 15) is 19.8 Å². The quantitative estimate of drug-likeness (QED) is 0.546. The standard InChI is InChI=1S/C27H29NO5/c1-16-10-11-27(26(31)32,13-21(16)25(29)30)23-5-3-4-20(14-28)22(23)15-33-24-9-8-19(12-17(24)2)18-6-7-18/h3-5,8-12,18H,6-7,13-15,28H2,1-2H3,(H,29,30)(H,31,32). The highest BCUT2D eigenvalue weighted by atomic mass is 16.5. The molecule has 0 bridgehead atoms. The molecule has 1 saturated carbocycles. The Morgan fingerprint density at radius 3 is 2.52 bits per heavy atom. The van der Waals surface area contributed by atoms with Gasteiger partial charge in [-0.15, -0.1) is 0 Å². The van der Waals surface area contributed by atoms with Crippen molar-refractivity contribution < 1.29 is 24.5 Å². The monoisotopic (exact) mass is 447 g/mol. The average Bonchev–Trinajstić information content (AvgIpc) is 3.63. The number of carbonyl (C=O) groups is 2. The van der Waals surface area contributed by atoms with Gasteiger partial charge in [-0.05, 0) is 72.1 Å². The van der Waals surface area contributed by atoms with Gasteiger partial charge in [0, 0.05) is 18.5 Å². The van der Waals surface area contributed by atoms with Gasteiger partial charge in [-0.3, -0.25) is 4.79 Å². The lowest BCUT2D eigenvalue weighted by Gasteiger charge is -2.33. The number of aryl methyl sites for hydroxylation is 1. The molecule has 4 rings (SSSR count). The second kappa shape index (κ2) is 8.87. The van der Waals surface area contributed by atoms with E-state index in [2.05, 4.69) is 12.1 Å². The molecular formula is C27H29NO5. The second-order valence-electron chi connectivity index (χ2n) is 8.99. The number of ether oxygens (including phenoxy) is 1. The fourth-order valence-electron chi connectivity index (χ4n) is 4.61. The van der Waals surface area contributed by atoms with Crippen molar-refractivity contribution in [3.8, 4) is 5.75 Å². The minimum Gasteiger partial charge on any atom is -0.489 e. The van der Waals surface area contributed by atoms with E-state index in [1.54, 1.807) is 31.2 Å². The SMILES string of the molecule is CC1=C(C(=O)O)CC(C(=O)O)(c2cccc(CN)c2COc2ccc(C3CC3)cc2C)C=C1. The highest BCUT2D eigenvalue weighted by Gasteiger charge is 2.44. The molecule has 0 aliphatic heterocycles. The zero-order chi connectivity index (χ0) is 23.8. The summed E-state index contributed by atoms with van der Waals surface area (Å²) in [5.41, 5.74) is 9.45. The summed E-state index contributed by atoms with van der Waals surface area (Å²) in [6.07, 6.45) is 5.48. The van der Waals surface area contributed by atoms with Crippen LogP contribution < -0.4 is 10.5 Å². The first-order valence-electron chi connectivity index (χ1n) is 11.2. The highest BCUT2D eigenvalue weighted by molar-refractivity contribution is 5.94. The van der Waals surface area contributed by atoms with Crippen LogP contribution in [-0.4, -0.2) is 22.2 Å². The van der Waals surface area contributed by atoms with Gasteiger partial charge >= 0.3 is 11.9 Å². The molecule has 0 aromatic heterocycles. The van der Waals surface area contributed by atoms with Crippen LogP contribution in [0.15, 0.2) is 59.7 Å². The predicted octanol–water partition coefficient (Wildman–Crippen LogP) is 4.59. The molecule has 2 aliphatic carbocycles. The molecule has 1 atom stereocenters. The number of carboxylic acid groups (broad SMARTS) is 2. The van der Waals surface area contributed by atoms with Crippen LogP contribution in [0.2, 0.25) is 0 Å². The summed E-state index contributed by atoms with van der Waals surface area (Å²) in [6.45, 7) is 4.04. The van der Waals surface area contributed by atoms with Crippen LogP contribution in [0, 0.1) is 6.92 Å². The Hall–Kier alpha value is -3.38. The number of rotatable bonds is 8. The van der Waals surface area contributed by atoms with E-state index in [0.29, 0.717) is 22.6 Å². The van der Waals surface area contributed by atoms with Gasteiger partial charge in [0.25, 0.3) is 0 Å². The zero-order valence-electron chi connectivity index (χ0n) is 18.9. The molecule has 2 aromatic rings. The van der Waals surface area contributed by atoms with Crippen molar-refractivity contribution >= 4 is 11.9 Å². The summed E-state index contributed by atoms with van der Waals surface area (Å²) in [5, 5.41) is 20.0. The van der Waals surface area contributed by atoms with Gasteiger partial charge < -0.3 is 20.7 Å². The first-order chi connectivity index (χ1) is 15.8. The number of nitrogens with two attached hydrogens (primary N) is 1. The lowest BCUT2D eigenvalue weighted by Crippen LogP contribution is -2.38. The van der Waals surface area contributed by atoms with E-state index >= 15 is 0 Å². The Kier molecular flexibility index (Phi) is 6.13. The maximum Gasteiger partial charge on any atom is 0.331 e. The minimum absolute atomic E-state index is 0.0939. The maximum atomic E-state index is 12.6. The van der Waals surface area contributed by atoms with Gasteiger partial charge in [-0.1, -0.05) is 42.5 Å². The molecule has 172 valence electrons. The van der Waals surface area contributed by atoms with Crippen molar-refractivity contribution in [2.45, 2.75) is 57.6 Å². The topological polar surface area (TPSA) is 110 Å². The van der Waals surface area contributed by atoms with E-state index in [-0.39, 0.29) is 25.1 Å². The fraction of sp³-hybridized carbons (Fsp3) is 0.333. The Labute approximate surface area is 193 Å². The molecular weight excluding hydrogens is 418 g/mol. The highest BCUT2D eigenvalue weighted by Crippen LogP contribution is 2.42. The molecule has 2 aromatic carbocycles. The van der Waals surface area contributed by atoms with Crippen LogP contribution in [0.3, 0.4) is 0 Å². The summed E-state index contributed by atoms with van der Waals surface area (Å²) in [6, 6.07) is 11.6. The molecule has 0 radical (unpaired) electrons. The summed E-state index contributed by atoms with van der Waals surface area (Å²) < 4.78 is 6.17. The minimum atomic E-state index is -1.51. The van der Waals surface area contributed by atoms with Crippen LogP contribution >= 0.6 is 0 Å². The largest absolute Gasteiger partial charge is 0.489 e. The van der Waals surface area contributed by atoms with E-state index < -0.39 is 17.4 Å². The van der Waals surface area contributed by atoms with Gasteiger partial charge in [0.1, 0.15) is 17.8 Å². The number of aliphatic carboxylic acids is 2. The van der Waals surface area contributed by atoms with Crippen molar-refractivity contribution in [3.05, 3.63) is 87.5 Å². The normalized spacial score (nSPS) is 20.1. The molecule has 6 heteroatoms. The van der Waals surface area contributed by atoms with E-state index in [0.717, 1.165) is 16.9 Å². The number of hydrogen-bond acceptors (Lipinski definition) is 4. The molecule has 4 N–H and O–H groups in total. The van der Waals surface area contributed by atoms with Crippen molar-refractivity contribution in [1.29, 1.82) is 0 Å². The van der Waals surface area contributed by atoms with Crippen LogP contribution in [0.4, 0.5) is 0 Å². The predicted molar refractivity (Wildman–Crippen MR) is 125 cm³/mol. The molecule has 2 aliphatic rings. The average molecular weight is 448 g/mol.